The minimum atomic E-state index is -4.56. The highest BCUT2D eigenvalue weighted by Crippen LogP contribution is 2.24. The summed E-state index contributed by atoms with van der Waals surface area (Å²) in [7, 11) is 0. The van der Waals surface area contributed by atoms with Crippen LogP contribution in [0.2, 0.25) is 0 Å². The first-order valence-corrected chi connectivity index (χ1v) is 9.53. The van der Waals surface area contributed by atoms with Gasteiger partial charge in [-0.25, -0.2) is 9.78 Å². The van der Waals surface area contributed by atoms with E-state index in [9.17, 15) is 22.8 Å². The van der Waals surface area contributed by atoms with Gasteiger partial charge in [0.1, 0.15) is 0 Å². The summed E-state index contributed by atoms with van der Waals surface area (Å²) in [6.45, 7) is 1.47. The van der Waals surface area contributed by atoms with Crippen molar-refractivity contribution < 1.29 is 27.5 Å². The van der Waals surface area contributed by atoms with Crippen molar-refractivity contribution in [1.82, 2.24) is 14.5 Å². The van der Waals surface area contributed by atoms with Gasteiger partial charge < -0.3 is 14.2 Å². The number of carbonyl (C=O) groups excluding carboxylic acids is 2. The number of benzene rings is 1. The summed E-state index contributed by atoms with van der Waals surface area (Å²) < 4.78 is 42.7. The molecule has 1 fully saturated rings. The zero-order valence-corrected chi connectivity index (χ0v) is 16.0. The average molecular weight is 412 g/mol. The lowest BCUT2D eigenvalue weighted by Crippen LogP contribution is -2.42. The van der Waals surface area contributed by atoms with Crippen LogP contribution in [0.25, 0.3) is 11.0 Å². The van der Waals surface area contributed by atoms with E-state index in [1.54, 1.807) is 0 Å². The van der Waals surface area contributed by atoms with Crippen molar-refractivity contribution in [3.8, 4) is 0 Å². The first-order chi connectivity index (χ1) is 13.8. The summed E-state index contributed by atoms with van der Waals surface area (Å²) in [4.78, 5) is 30.1. The molecule has 0 spiro atoms. The number of para-hydroxylation sites is 2. The van der Waals surface area contributed by atoms with Gasteiger partial charge in [0.05, 0.1) is 11.0 Å². The van der Waals surface area contributed by atoms with Crippen molar-refractivity contribution in [2.24, 2.45) is 5.92 Å². The van der Waals surface area contributed by atoms with E-state index in [1.807, 2.05) is 35.8 Å². The second kappa shape index (κ2) is 8.71. The number of alkyl halides is 3. The van der Waals surface area contributed by atoms with Gasteiger partial charge in [0.25, 0.3) is 0 Å². The molecule has 2 amide bonds. The SMILES string of the molecule is CCCn1c(NC(=O)C2CCN(C(=O)OCC(F)(F)F)CC2)nc2ccccc21. The Hall–Kier alpha value is -2.78. The number of hydrogen-bond acceptors (Lipinski definition) is 4. The van der Waals surface area contributed by atoms with E-state index in [2.05, 4.69) is 15.0 Å². The number of nitrogens with zero attached hydrogens (tertiary/aromatic N) is 3. The number of aromatic nitrogens is 2. The molecule has 1 aliphatic heterocycles. The Labute approximate surface area is 165 Å². The number of ether oxygens (including phenoxy) is 1. The summed E-state index contributed by atoms with van der Waals surface area (Å²) in [6, 6.07) is 7.61. The molecule has 158 valence electrons. The number of likely N-dealkylation sites (tertiary alicyclic amines) is 1. The number of carbonyl (C=O) groups is 2. The van der Waals surface area contributed by atoms with E-state index in [0.717, 1.165) is 17.5 Å². The van der Waals surface area contributed by atoms with Crippen LogP contribution in [0.5, 0.6) is 0 Å². The third kappa shape index (κ3) is 5.18. The Morgan fingerprint density at radius 2 is 1.93 bits per heavy atom. The molecule has 2 heterocycles. The monoisotopic (exact) mass is 412 g/mol. The lowest BCUT2D eigenvalue weighted by Gasteiger charge is -2.30. The molecule has 10 heteroatoms. The van der Waals surface area contributed by atoms with E-state index in [0.29, 0.717) is 25.3 Å². The molecule has 2 aromatic rings. The van der Waals surface area contributed by atoms with Gasteiger partial charge in [-0.1, -0.05) is 19.1 Å². The molecule has 0 bridgehead atoms. The van der Waals surface area contributed by atoms with Crippen molar-refractivity contribution in [2.75, 3.05) is 25.0 Å². The maximum atomic E-state index is 12.7. The number of aryl methyl sites for hydroxylation is 1. The van der Waals surface area contributed by atoms with E-state index in [-0.39, 0.29) is 24.9 Å². The van der Waals surface area contributed by atoms with E-state index >= 15 is 0 Å². The number of piperidine rings is 1. The molecule has 0 aliphatic carbocycles. The standard InChI is InChI=1S/C19H23F3N4O3/c1-2-9-26-15-6-4-3-5-14(15)23-17(26)24-16(27)13-7-10-25(11-8-13)18(28)29-12-19(20,21)22/h3-6,13H,2,7-12H2,1H3,(H,23,24,27). The van der Waals surface area contributed by atoms with Crippen LogP contribution in [0.15, 0.2) is 24.3 Å². The molecule has 1 aromatic carbocycles. The fourth-order valence-corrected chi connectivity index (χ4v) is 3.39. The fraction of sp³-hybridized carbons (Fsp3) is 0.526. The van der Waals surface area contributed by atoms with Crippen LogP contribution in [-0.2, 0) is 16.1 Å². The Morgan fingerprint density at radius 1 is 1.24 bits per heavy atom. The van der Waals surface area contributed by atoms with Gasteiger partial charge in [-0.05, 0) is 31.4 Å². The molecule has 1 aliphatic rings. The van der Waals surface area contributed by atoms with E-state index in [4.69, 9.17) is 0 Å². The van der Waals surface area contributed by atoms with Crippen molar-refractivity contribution in [3.05, 3.63) is 24.3 Å². The summed E-state index contributed by atoms with van der Waals surface area (Å²) in [5, 5.41) is 2.87. The third-order valence-electron chi connectivity index (χ3n) is 4.82. The maximum Gasteiger partial charge on any atom is 0.422 e. The largest absolute Gasteiger partial charge is 0.440 e. The zero-order chi connectivity index (χ0) is 21.0. The summed E-state index contributed by atoms with van der Waals surface area (Å²) in [6.07, 6.45) is -3.99. The van der Waals surface area contributed by atoms with Gasteiger partial charge in [0.2, 0.25) is 11.9 Å². The van der Waals surface area contributed by atoms with Crippen LogP contribution in [0.4, 0.5) is 23.9 Å². The maximum absolute atomic E-state index is 12.7. The first-order valence-electron chi connectivity index (χ1n) is 9.53. The molecule has 3 rings (SSSR count). The van der Waals surface area contributed by atoms with E-state index < -0.39 is 18.9 Å². The lowest BCUT2D eigenvalue weighted by atomic mass is 9.96. The van der Waals surface area contributed by atoms with Gasteiger partial charge in [-0.15, -0.1) is 0 Å². The predicted octanol–water partition coefficient (Wildman–Crippen LogP) is 3.80. The number of halogens is 3. The minimum Gasteiger partial charge on any atom is -0.440 e. The molecule has 1 N–H and O–H groups in total. The smallest absolute Gasteiger partial charge is 0.422 e. The molecule has 0 saturated carbocycles. The van der Waals surface area contributed by atoms with Gasteiger partial charge in [0, 0.05) is 25.6 Å². The van der Waals surface area contributed by atoms with Crippen LogP contribution >= 0.6 is 0 Å². The molecule has 0 unspecified atom stereocenters. The number of imidazole rings is 1. The van der Waals surface area contributed by atoms with Gasteiger partial charge in [0.15, 0.2) is 6.61 Å². The zero-order valence-electron chi connectivity index (χ0n) is 16.0. The topological polar surface area (TPSA) is 76.5 Å². The lowest BCUT2D eigenvalue weighted by molar-refractivity contribution is -0.162. The number of amides is 2. The second-order valence-electron chi connectivity index (χ2n) is 7.00. The second-order valence-corrected chi connectivity index (χ2v) is 7.00. The molecule has 1 aromatic heterocycles. The summed E-state index contributed by atoms with van der Waals surface area (Å²) >= 11 is 0. The van der Waals surface area contributed by atoms with Crippen LogP contribution in [0, 0.1) is 5.92 Å². The normalized spacial score (nSPS) is 15.5. The number of rotatable bonds is 5. The Morgan fingerprint density at radius 3 is 2.59 bits per heavy atom. The van der Waals surface area contributed by atoms with Crippen molar-refractivity contribution in [1.29, 1.82) is 0 Å². The Kier molecular flexibility index (Phi) is 6.29. The van der Waals surface area contributed by atoms with Gasteiger partial charge in [-0.3, -0.25) is 10.1 Å². The van der Waals surface area contributed by atoms with Crippen LogP contribution < -0.4 is 5.32 Å². The fourth-order valence-electron chi connectivity index (χ4n) is 3.39. The molecular formula is C19H23F3N4O3. The number of hydrogen-bond donors (Lipinski definition) is 1. The van der Waals surface area contributed by atoms with Crippen molar-refractivity contribution in [3.63, 3.8) is 0 Å². The molecule has 29 heavy (non-hydrogen) atoms. The highest BCUT2D eigenvalue weighted by atomic mass is 19.4. The van der Waals surface area contributed by atoms with Crippen LogP contribution in [0.1, 0.15) is 26.2 Å². The Bertz CT molecular complexity index is 873. The highest BCUT2D eigenvalue weighted by Gasteiger charge is 2.33. The van der Waals surface area contributed by atoms with Crippen molar-refractivity contribution >= 4 is 29.0 Å². The summed E-state index contributed by atoms with van der Waals surface area (Å²) in [5.41, 5.74) is 1.73. The highest BCUT2D eigenvalue weighted by molar-refractivity contribution is 5.93. The first kappa shape index (κ1) is 20.9. The van der Waals surface area contributed by atoms with E-state index in [1.165, 1.54) is 4.90 Å². The quantitative estimate of drug-likeness (QED) is 0.811. The molecular weight excluding hydrogens is 389 g/mol. The molecule has 0 radical (unpaired) electrons. The average Bonchev–Trinajstić information content (AvgIpc) is 3.03. The molecule has 1 saturated heterocycles. The summed E-state index contributed by atoms with van der Waals surface area (Å²) in [5.74, 6) is -0.0809. The number of fused-ring (bicyclic) bond motifs is 1. The van der Waals surface area contributed by atoms with Crippen LogP contribution in [0.3, 0.4) is 0 Å². The Balaban J connectivity index is 1.58. The third-order valence-corrected chi connectivity index (χ3v) is 4.82. The predicted molar refractivity (Wildman–Crippen MR) is 100 cm³/mol. The van der Waals surface area contributed by atoms with Crippen molar-refractivity contribution in [2.45, 2.75) is 38.9 Å². The molecule has 0 atom stereocenters. The minimum absolute atomic E-state index is 0.167. The van der Waals surface area contributed by atoms with Gasteiger partial charge >= 0.3 is 12.3 Å². The van der Waals surface area contributed by atoms with Gasteiger partial charge in [-0.2, -0.15) is 13.2 Å². The number of nitrogens with one attached hydrogen (secondary N) is 1. The van der Waals surface area contributed by atoms with Crippen LogP contribution in [-0.4, -0.2) is 52.3 Å². The molecule has 7 nitrogen and oxygen atoms in total. The number of anilines is 1.